The Labute approximate surface area is 119 Å². The molecule has 0 heterocycles. The van der Waals surface area contributed by atoms with Crippen LogP contribution in [-0.2, 0) is 0 Å². The van der Waals surface area contributed by atoms with Gasteiger partial charge in [0.2, 0.25) is 0 Å². The maximum absolute atomic E-state index is 2.40. The van der Waals surface area contributed by atoms with Crippen LogP contribution in [0.25, 0.3) is 0 Å². The van der Waals surface area contributed by atoms with Crippen molar-refractivity contribution in [2.24, 2.45) is 0 Å². The van der Waals surface area contributed by atoms with E-state index in [2.05, 4.69) is 63.3 Å². The Morgan fingerprint density at radius 3 is 2.26 bits per heavy atom. The molecule has 102 valence electrons. The molecular weight excluding hydrogens is 244 g/mol. The van der Waals surface area contributed by atoms with Gasteiger partial charge in [0.05, 0.1) is 0 Å². The average Bonchev–Trinajstić information content (AvgIpc) is 2.92. The first kappa shape index (κ1) is 14.3. The van der Waals surface area contributed by atoms with Crippen LogP contribution < -0.4 is 5.19 Å². The summed E-state index contributed by atoms with van der Waals surface area (Å²) in [6, 6.07) is 14.0. The molecule has 0 aliphatic heterocycles. The summed E-state index contributed by atoms with van der Waals surface area (Å²) in [5.41, 5.74) is 1.65. The van der Waals surface area contributed by atoms with Gasteiger partial charge < -0.3 is 0 Å². The summed E-state index contributed by atoms with van der Waals surface area (Å²) in [4.78, 5) is 0. The van der Waals surface area contributed by atoms with E-state index in [-0.39, 0.29) is 0 Å². The van der Waals surface area contributed by atoms with Gasteiger partial charge in [-0.05, 0) is 12.8 Å². The molecular formula is C18H26Si. The second-order valence-corrected chi connectivity index (χ2v) is 10.3. The lowest BCUT2D eigenvalue weighted by Gasteiger charge is -2.33. The molecule has 0 spiro atoms. The van der Waals surface area contributed by atoms with Crippen LogP contribution in [0.3, 0.4) is 0 Å². The molecule has 1 heteroatoms. The Bertz CT molecular complexity index is 464. The van der Waals surface area contributed by atoms with E-state index < -0.39 is 8.07 Å². The van der Waals surface area contributed by atoms with Crippen LogP contribution in [0.2, 0.25) is 12.1 Å². The Morgan fingerprint density at radius 2 is 1.68 bits per heavy atom. The fourth-order valence-corrected chi connectivity index (χ4v) is 8.25. The SMILES string of the molecule is CCCC1=C([Si](CC)(CC)c2ccccc2)CC=C1. The molecule has 1 aromatic carbocycles. The maximum Gasteiger partial charge on any atom is 0.113 e. The predicted molar refractivity (Wildman–Crippen MR) is 88.5 cm³/mol. The number of hydrogen-bond acceptors (Lipinski definition) is 0. The second kappa shape index (κ2) is 6.38. The largest absolute Gasteiger partial charge is 0.113 e. The third kappa shape index (κ3) is 2.62. The molecule has 0 amide bonds. The minimum Gasteiger partial charge on any atom is -0.0806 e. The molecule has 0 bridgehead atoms. The summed E-state index contributed by atoms with van der Waals surface area (Å²) in [6.07, 6.45) is 8.51. The van der Waals surface area contributed by atoms with Crippen LogP contribution in [0.15, 0.2) is 53.3 Å². The molecule has 1 aliphatic carbocycles. The van der Waals surface area contributed by atoms with Gasteiger partial charge >= 0.3 is 0 Å². The minimum absolute atomic E-state index is 1.21. The van der Waals surface area contributed by atoms with Crippen molar-refractivity contribution in [3.05, 3.63) is 53.3 Å². The third-order valence-corrected chi connectivity index (χ3v) is 10.2. The molecule has 2 rings (SSSR count). The fourth-order valence-electron chi connectivity index (χ4n) is 3.57. The smallest absolute Gasteiger partial charge is 0.0806 e. The highest BCUT2D eigenvalue weighted by Crippen LogP contribution is 2.35. The van der Waals surface area contributed by atoms with Gasteiger partial charge in [0, 0.05) is 0 Å². The lowest BCUT2D eigenvalue weighted by Crippen LogP contribution is -2.48. The molecule has 0 aromatic heterocycles. The lowest BCUT2D eigenvalue weighted by molar-refractivity contribution is 0.922. The third-order valence-electron chi connectivity index (χ3n) is 4.66. The molecule has 0 N–H and O–H groups in total. The molecule has 0 unspecified atom stereocenters. The second-order valence-electron chi connectivity index (χ2n) is 5.52. The highest BCUT2D eigenvalue weighted by molar-refractivity contribution is 6.97. The van der Waals surface area contributed by atoms with Crippen molar-refractivity contribution in [1.29, 1.82) is 0 Å². The summed E-state index contributed by atoms with van der Waals surface area (Å²) in [7, 11) is -1.47. The van der Waals surface area contributed by atoms with Crippen LogP contribution in [0.5, 0.6) is 0 Å². The number of allylic oxidation sites excluding steroid dienone is 4. The lowest BCUT2D eigenvalue weighted by atomic mass is 10.2. The van der Waals surface area contributed by atoms with Gasteiger partial charge in [0.1, 0.15) is 8.07 Å². The molecule has 19 heavy (non-hydrogen) atoms. The molecule has 0 atom stereocenters. The fraction of sp³-hybridized carbons (Fsp3) is 0.444. The van der Waals surface area contributed by atoms with Gasteiger partial charge in [-0.3, -0.25) is 0 Å². The summed E-state index contributed by atoms with van der Waals surface area (Å²) in [5, 5.41) is 3.44. The van der Waals surface area contributed by atoms with E-state index in [4.69, 9.17) is 0 Å². The zero-order valence-corrected chi connectivity index (χ0v) is 13.6. The quantitative estimate of drug-likeness (QED) is 0.640. The van der Waals surface area contributed by atoms with Crippen LogP contribution in [0.4, 0.5) is 0 Å². The van der Waals surface area contributed by atoms with Gasteiger partial charge in [-0.15, -0.1) is 0 Å². The first-order valence-corrected chi connectivity index (χ1v) is 10.1. The molecule has 0 nitrogen and oxygen atoms in total. The van der Waals surface area contributed by atoms with E-state index in [9.17, 15) is 0 Å². The van der Waals surface area contributed by atoms with E-state index in [1.54, 1.807) is 10.8 Å². The van der Waals surface area contributed by atoms with Crippen molar-refractivity contribution in [1.82, 2.24) is 0 Å². The molecule has 0 saturated heterocycles. The molecule has 0 saturated carbocycles. The molecule has 0 fully saturated rings. The topological polar surface area (TPSA) is 0 Å². The molecule has 0 radical (unpaired) electrons. The first-order chi connectivity index (χ1) is 9.28. The zero-order valence-electron chi connectivity index (χ0n) is 12.6. The Balaban J connectivity index is 2.49. The first-order valence-electron chi connectivity index (χ1n) is 7.73. The summed E-state index contributed by atoms with van der Waals surface area (Å²) in [5.74, 6) is 0. The maximum atomic E-state index is 2.40. The van der Waals surface area contributed by atoms with Crippen LogP contribution in [0.1, 0.15) is 40.0 Å². The van der Waals surface area contributed by atoms with Crippen molar-refractivity contribution in [3.63, 3.8) is 0 Å². The van der Waals surface area contributed by atoms with Crippen molar-refractivity contribution in [3.8, 4) is 0 Å². The molecule has 1 aromatic rings. The standard InChI is InChI=1S/C18H26Si/c1-4-11-16-12-10-15-18(16)19(5-2,6-3)17-13-8-7-9-14-17/h7-10,12-14H,4-6,11,15H2,1-3H3. The highest BCUT2D eigenvalue weighted by atomic mass is 28.3. The monoisotopic (exact) mass is 270 g/mol. The van der Waals surface area contributed by atoms with E-state index >= 15 is 0 Å². The van der Waals surface area contributed by atoms with Crippen LogP contribution in [-0.4, -0.2) is 8.07 Å². The Hall–Kier alpha value is -1.08. The van der Waals surface area contributed by atoms with Crippen molar-refractivity contribution in [2.45, 2.75) is 52.1 Å². The van der Waals surface area contributed by atoms with E-state index in [1.807, 2.05) is 5.20 Å². The van der Waals surface area contributed by atoms with E-state index in [0.29, 0.717) is 0 Å². The summed E-state index contributed by atoms with van der Waals surface area (Å²) >= 11 is 0. The van der Waals surface area contributed by atoms with Gasteiger partial charge in [-0.25, -0.2) is 0 Å². The average molecular weight is 270 g/mol. The zero-order chi connectivity index (χ0) is 13.7. The Kier molecular flexibility index (Phi) is 4.81. The summed E-state index contributed by atoms with van der Waals surface area (Å²) in [6.45, 7) is 7.09. The number of hydrogen-bond donors (Lipinski definition) is 0. The van der Waals surface area contributed by atoms with Crippen molar-refractivity contribution >= 4 is 13.3 Å². The summed E-state index contributed by atoms with van der Waals surface area (Å²) < 4.78 is 0. The number of benzene rings is 1. The van der Waals surface area contributed by atoms with Gasteiger partial charge in [0.15, 0.2) is 0 Å². The normalized spacial score (nSPS) is 15.3. The minimum atomic E-state index is -1.47. The van der Waals surface area contributed by atoms with Crippen molar-refractivity contribution in [2.75, 3.05) is 0 Å². The van der Waals surface area contributed by atoms with Gasteiger partial charge in [-0.1, -0.05) is 97.7 Å². The van der Waals surface area contributed by atoms with E-state index in [0.717, 1.165) is 0 Å². The van der Waals surface area contributed by atoms with Crippen molar-refractivity contribution < 1.29 is 0 Å². The molecule has 1 aliphatic rings. The predicted octanol–water partition coefficient (Wildman–Crippen LogP) is 4.98. The van der Waals surface area contributed by atoms with Gasteiger partial charge in [0.25, 0.3) is 0 Å². The van der Waals surface area contributed by atoms with Crippen LogP contribution in [0, 0.1) is 0 Å². The Morgan fingerprint density at radius 1 is 1.00 bits per heavy atom. The highest BCUT2D eigenvalue weighted by Gasteiger charge is 2.37. The van der Waals surface area contributed by atoms with E-state index in [1.165, 1.54) is 31.4 Å². The van der Waals surface area contributed by atoms with Crippen LogP contribution >= 0.6 is 0 Å². The van der Waals surface area contributed by atoms with Gasteiger partial charge in [-0.2, -0.15) is 0 Å². The number of rotatable bonds is 6.